The first-order chi connectivity index (χ1) is 13.6. The average Bonchev–Trinajstić information content (AvgIpc) is 3.27. The highest BCUT2D eigenvalue weighted by Crippen LogP contribution is 2.31. The number of hydrogen-bond donors (Lipinski definition) is 1. The number of aromatic nitrogens is 1. The second kappa shape index (κ2) is 9.64. The molecule has 28 heavy (non-hydrogen) atoms. The molecular weight excluding hydrogens is 392 g/mol. The summed E-state index contributed by atoms with van der Waals surface area (Å²) in [5.41, 5.74) is 8.57. The van der Waals surface area contributed by atoms with Crippen molar-refractivity contribution < 1.29 is 14.3 Å². The maximum atomic E-state index is 12.7. The molecule has 7 heteroatoms. The number of esters is 2. The molecule has 1 atom stereocenters. The van der Waals surface area contributed by atoms with E-state index in [-0.39, 0.29) is 0 Å². The fraction of sp³-hybridized carbons (Fsp3) is 0.190. The van der Waals surface area contributed by atoms with Crippen molar-refractivity contribution in [1.82, 2.24) is 4.98 Å². The molecule has 2 aromatic carbocycles. The van der Waals surface area contributed by atoms with Crippen LogP contribution in [-0.2, 0) is 9.53 Å². The molecule has 0 spiro atoms. The van der Waals surface area contributed by atoms with Crippen LogP contribution in [0.2, 0.25) is 0 Å². The summed E-state index contributed by atoms with van der Waals surface area (Å²) < 4.78 is 5.06. The fourth-order valence-electron chi connectivity index (χ4n) is 2.66. The van der Waals surface area contributed by atoms with Gasteiger partial charge >= 0.3 is 11.9 Å². The molecular formula is C21H20N2O3S2. The van der Waals surface area contributed by atoms with E-state index in [2.05, 4.69) is 4.98 Å². The van der Waals surface area contributed by atoms with E-state index in [0.29, 0.717) is 17.5 Å². The van der Waals surface area contributed by atoms with Gasteiger partial charge < -0.3 is 10.5 Å². The van der Waals surface area contributed by atoms with E-state index in [4.69, 9.17) is 10.5 Å². The molecule has 5 nitrogen and oxygen atoms in total. The topological polar surface area (TPSA) is 82.3 Å². The van der Waals surface area contributed by atoms with Crippen LogP contribution in [0, 0.1) is 0 Å². The molecule has 1 heterocycles. The zero-order chi connectivity index (χ0) is 19.9. The van der Waals surface area contributed by atoms with Gasteiger partial charge in [-0.15, -0.1) is 11.3 Å². The third kappa shape index (κ3) is 4.86. The van der Waals surface area contributed by atoms with Gasteiger partial charge in [-0.1, -0.05) is 36.4 Å². The van der Waals surface area contributed by atoms with Crippen LogP contribution in [0.4, 0.5) is 0 Å². The molecule has 0 aliphatic carbocycles. The van der Waals surface area contributed by atoms with Crippen LogP contribution in [0.1, 0.15) is 16.8 Å². The lowest BCUT2D eigenvalue weighted by atomic mass is 9.97. The Morgan fingerprint density at radius 1 is 1.18 bits per heavy atom. The highest BCUT2D eigenvalue weighted by molar-refractivity contribution is 7.98. The summed E-state index contributed by atoms with van der Waals surface area (Å²) in [6, 6.07) is 14.1. The Balaban J connectivity index is 1.91. The van der Waals surface area contributed by atoms with Crippen molar-refractivity contribution in [3.63, 3.8) is 0 Å². The van der Waals surface area contributed by atoms with Crippen molar-refractivity contribution in [3.05, 3.63) is 65.7 Å². The summed E-state index contributed by atoms with van der Waals surface area (Å²) >= 11 is 3.10. The zero-order valence-electron chi connectivity index (χ0n) is 15.3. The van der Waals surface area contributed by atoms with Crippen molar-refractivity contribution in [2.45, 2.75) is 12.5 Å². The predicted octanol–water partition coefficient (Wildman–Crippen LogP) is 4.24. The SMILES string of the molecule is CSCC[C@H](N)C(=O)OC(=O)c1ccc(-c2nccs2)cc1-c1ccccc1. The predicted molar refractivity (Wildman–Crippen MR) is 114 cm³/mol. The van der Waals surface area contributed by atoms with Gasteiger partial charge in [0, 0.05) is 17.1 Å². The minimum absolute atomic E-state index is 0.317. The Kier molecular flexibility index (Phi) is 6.97. The second-order valence-corrected chi connectivity index (χ2v) is 7.94. The van der Waals surface area contributed by atoms with Crippen LogP contribution in [0.25, 0.3) is 21.7 Å². The van der Waals surface area contributed by atoms with Crippen LogP contribution >= 0.6 is 23.1 Å². The number of thioether (sulfide) groups is 1. The van der Waals surface area contributed by atoms with Gasteiger partial charge in [-0.05, 0) is 41.7 Å². The molecule has 3 rings (SSSR count). The third-order valence-corrected chi connectivity index (χ3v) is 5.60. The molecule has 1 aromatic heterocycles. The van der Waals surface area contributed by atoms with Crippen LogP contribution in [0.3, 0.4) is 0 Å². The van der Waals surface area contributed by atoms with Gasteiger partial charge in [-0.2, -0.15) is 11.8 Å². The van der Waals surface area contributed by atoms with Gasteiger partial charge in [0.15, 0.2) is 0 Å². The lowest BCUT2D eigenvalue weighted by Gasteiger charge is -2.13. The zero-order valence-corrected chi connectivity index (χ0v) is 17.0. The summed E-state index contributed by atoms with van der Waals surface area (Å²) in [5, 5.41) is 2.75. The molecule has 0 amide bonds. The van der Waals surface area contributed by atoms with Gasteiger partial charge in [0.2, 0.25) is 0 Å². The summed E-state index contributed by atoms with van der Waals surface area (Å²) in [4.78, 5) is 29.2. The number of benzene rings is 2. The van der Waals surface area contributed by atoms with Crippen molar-refractivity contribution in [1.29, 1.82) is 0 Å². The van der Waals surface area contributed by atoms with Gasteiger partial charge in [-0.3, -0.25) is 0 Å². The third-order valence-electron chi connectivity index (χ3n) is 4.13. The van der Waals surface area contributed by atoms with Crippen LogP contribution in [0.5, 0.6) is 0 Å². The van der Waals surface area contributed by atoms with Crippen molar-refractivity contribution >= 4 is 35.0 Å². The summed E-state index contributed by atoms with van der Waals surface area (Å²) in [6.07, 6.45) is 4.13. The van der Waals surface area contributed by atoms with Crippen LogP contribution < -0.4 is 5.73 Å². The Bertz CT molecular complexity index is 944. The largest absolute Gasteiger partial charge is 0.388 e. The Morgan fingerprint density at radius 3 is 2.64 bits per heavy atom. The van der Waals surface area contributed by atoms with Crippen molar-refractivity contribution in [2.24, 2.45) is 5.73 Å². The molecule has 0 radical (unpaired) electrons. The number of nitrogens with zero attached hydrogens (tertiary/aromatic N) is 1. The quantitative estimate of drug-likeness (QED) is 0.462. The van der Waals surface area contributed by atoms with E-state index in [0.717, 1.165) is 21.9 Å². The Labute approximate surface area is 171 Å². The van der Waals surface area contributed by atoms with E-state index in [1.165, 1.54) is 11.3 Å². The van der Waals surface area contributed by atoms with Crippen LogP contribution in [-0.4, -0.2) is 35.0 Å². The van der Waals surface area contributed by atoms with Gasteiger partial charge in [0.05, 0.1) is 5.56 Å². The minimum Gasteiger partial charge on any atom is -0.388 e. The molecule has 0 fully saturated rings. The van der Waals surface area contributed by atoms with Crippen molar-refractivity contribution in [3.8, 4) is 21.7 Å². The number of rotatable bonds is 7. The number of hydrogen-bond acceptors (Lipinski definition) is 7. The second-order valence-electron chi connectivity index (χ2n) is 6.06. The lowest BCUT2D eigenvalue weighted by molar-refractivity contribution is -0.139. The molecule has 3 aromatic rings. The van der Waals surface area contributed by atoms with Crippen molar-refractivity contribution in [2.75, 3.05) is 12.0 Å². The smallest absolute Gasteiger partial charge is 0.346 e. The monoisotopic (exact) mass is 412 g/mol. The molecule has 0 unspecified atom stereocenters. The number of carbonyl (C=O) groups is 2. The first kappa shape index (κ1) is 20.3. The van der Waals surface area contributed by atoms with E-state index in [1.807, 2.05) is 48.0 Å². The van der Waals surface area contributed by atoms with E-state index in [9.17, 15) is 9.59 Å². The van der Waals surface area contributed by atoms with Gasteiger partial charge in [-0.25, -0.2) is 14.6 Å². The van der Waals surface area contributed by atoms with E-state index in [1.54, 1.807) is 30.1 Å². The maximum absolute atomic E-state index is 12.7. The van der Waals surface area contributed by atoms with Gasteiger partial charge in [0.1, 0.15) is 11.0 Å². The number of ether oxygens (including phenoxy) is 1. The first-order valence-corrected chi connectivity index (χ1v) is 11.0. The Morgan fingerprint density at radius 2 is 1.96 bits per heavy atom. The van der Waals surface area contributed by atoms with Gasteiger partial charge in [0.25, 0.3) is 0 Å². The lowest BCUT2D eigenvalue weighted by Crippen LogP contribution is -2.34. The minimum atomic E-state index is -0.814. The average molecular weight is 413 g/mol. The Hall–Kier alpha value is -2.48. The fourth-order valence-corrected chi connectivity index (χ4v) is 3.79. The van der Waals surface area contributed by atoms with E-state index >= 15 is 0 Å². The van der Waals surface area contributed by atoms with Crippen LogP contribution in [0.15, 0.2) is 60.1 Å². The molecule has 144 valence electrons. The number of carbonyl (C=O) groups excluding carboxylic acids is 2. The normalized spacial score (nSPS) is 11.8. The number of nitrogens with two attached hydrogens (primary N) is 1. The highest BCUT2D eigenvalue weighted by Gasteiger charge is 2.22. The highest BCUT2D eigenvalue weighted by atomic mass is 32.2. The molecule has 0 aliphatic rings. The summed E-state index contributed by atoms with van der Waals surface area (Å²) in [6.45, 7) is 0. The first-order valence-electron chi connectivity index (χ1n) is 8.70. The summed E-state index contributed by atoms with van der Waals surface area (Å²) in [7, 11) is 0. The molecule has 0 aliphatic heterocycles. The maximum Gasteiger partial charge on any atom is 0.346 e. The molecule has 2 N–H and O–H groups in total. The molecule has 0 saturated carbocycles. The van der Waals surface area contributed by atoms with E-state index < -0.39 is 18.0 Å². The molecule has 0 bridgehead atoms. The molecule has 0 saturated heterocycles. The standard InChI is InChI=1S/C21H20N2O3S2/c1-27-11-9-18(22)21(25)26-20(24)16-8-7-15(19-23-10-12-28-19)13-17(16)14-5-3-2-4-6-14/h2-8,10,12-13,18H,9,11,22H2,1H3/t18-/m0/s1. The summed E-state index contributed by atoms with van der Waals surface area (Å²) in [5.74, 6) is -0.682. The number of thiazole rings is 1.